The second-order valence-electron chi connectivity index (χ2n) is 3.71. The molecule has 1 saturated heterocycles. The van der Waals surface area contributed by atoms with E-state index >= 15 is 0 Å². The third-order valence-corrected chi connectivity index (χ3v) is 2.56. The van der Waals surface area contributed by atoms with Gasteiger partial charge in [-0.2, -0.15) is 0 Å². The summed E-state index contributed by atoms with van der Waals surface area (Å²) in [5, 5.41) is 2.90. The van der Waals surface area contributed by atoms with Crippen LogP contribution in [0.25, 0.3) is 0 Å². The molecule has 2 nitrogen and oxygen atoms in total. The van der Waals surface area contributed by atoms with Crippen molar-refractivity contribution in [3.05, 3.63) is 29.8 Å². The molecule has 1 unspecified atom stereocenters. The van der Waals surface area contributed by atoms with E-state index in [1.807, 2.05) is 0 Å². The monoisotopic (exact) mass is 213 g/mol. The number of hydrogen-bond donors (Lipinski definition) is 1. The molecule has 1 aliphatic rings. The quantitative estimate of drug-likeness (QED) is 0.832. The third-order valence-electron chi connectivity index (χ3n) is 2.56. The van der Waals surface area contributed by atoms with Crippen molar-refractivity contribution >= 4 is 5.69 Å². The maximum atomic E-state index is 13.2. The van der Waals surface area contributed by atoms with E-state index in [9.17, 15) is 8.78 Å². The summed E-state index contributed by atoms with van der Waals surface area (Å²) in [5.41, 5.74) is 0.224. The molecule has 1 N–H and O–H groups in total. The number of benzene rings is 1. The molecule has 1 aliphatic heterocycles. The molecule has 2 rings (SSSR count). The minimum absolute atomic E-state index is 0.224. The first-order valence-electron chi connectivity index (χ1n) is 5.03. The minimum Gasteiger partial charge on any atom is -0.382 e. The summed E-state index contributed by atoms with van der Waals surface area (Å²) in [6, 6.07) is 4.14. The third kappa shape index (κ3) is 2.45. The van der Waals surface area contributed by atoms with Gasteiger partial charge in [0.1, 0.15) is 0 Å². The summed E-state index contributed by atoms with van der Waals surface area (Å²) in [4.78, 5) is 0. The lowest BCUT2D eigenvalue weighted by Gasteiger charge is -2.11. The van der Waals surface area contributed by atoms with Crippen LogP contribution in [0.1, 0.15) is 6.42 Å². The summed E-state index contributed by atoms with van der Waals surface area (Å²) in [6.45, 7) is 2.09. The molecule has 82 valence electrons. The first-order valence-corrected chi connectivity index (χ1v) is 5.03. The van der Waals surface area contributed by atoms with Gasteiger partial charge in [-0.1, -0.05) is 6.07 Å². The van der Waals surface area contributed by atoms with Gasteiger partial charge < -0.3 is 10.1 Å². The fraction of sp³-hybridized carbons (Fsp3) is 0.455. The van der Waals surface area contributed by atoms with Crippen molar-refractivity contribution < 1.29 is 13.5 Å². The van der Waals surface area contributed by atoms with Gasteiger partial charge >= 0.3 is 0 Å². The van der Waals surface area contributed by atoms with Gasteiger partial charge in [-0.25, -0.2) is 8.78 Å². The highest BCUT2D eigenvalue weighted by Gasteiger charge is 2.16. The summed E-state index contributed by atoms with van der Waals surface area (Å²) >= 11 is 0. The van der Waals surface area contributed by atoms with Gasteiger partial charge in [-0.05, 0) is 18.6 Å². The minimum atomic E-state index is -0.817. The highest BCUT2D eigenvalue weighted by atomic mass is 19.2. The van der Waals surface area contributed by atoms with E-state index in [4.69, 9.17) is 4.74 Å². The number of ether oxygens (including phenoxy) is 1. The van der Waals surface area contributed by atoms with E-state index in [2.05, 4.69) is 5.32 Å². The van der Waals surface area contributed by atoms with Crippen molar-refractivity contribution in [2.45, 2.75) is 6.42 Å². The molecule has 1 atom stereocenters. The molecule has 0 radical (unpaired) electrons. The first-order chi connectivity index (χ1) is 7.27. The molecule has 1 aromatic carbocycles. The number of nitrogens with one attached hydrogen (secondary N) is 1. The average Bonchev–Trinajstić information content (AvgIpc) is 2.73. The fourth-order valence-corrected chi connectivity index (χ4v) is 1.64. The number of halogens is 2. The Hall–Kier alpha value is -1.16. The highest BCUT2D eigenvalue weighted by Crippen LogP contribution is 2.18. The van der Waals surface area contributed by atoms with Gasteiger partial charge in [0.15, 0.2) is 11.6 Å². The Balaban J connectivity index is 1.95. The molecular weight excluding hydrogens is 200 g/mol. The van der Waals surface area contributed by atoms with Gasteiger partial charge in [0.25, 0.3) is 0 Å². The van der Waals surface area contributed by atoms with E-state index in [0.717, 1.165) is 19.1 Å². The van der Waals surface area contributed by atoms with Crippen LogP contribution in [-0.4, -0.2) is 19.8 Å². The zero-order chi connectivity index (χ0) is 10.7. The van der Waals surface area contributed by atoms with Crippen LogP contribution in [0, 0.1) is 17.6 Å². The topological polar surface area (TPSA) is 21.3 Å². The predicted octanol–water partition coefficient (Wildman–Crippen LogP) is 2.41. The lowest BCUT2D eigenvalue weighted by Crippen LogP contribution is -2.15. The smallest absolute Gasteiger partial charge is 0.181 e. The van der Waals surface area contributed by atoms with Crippen LogP contribution < -0.4 is 5.32 Å². The van der Waals surface area contributed by atoms with E-state index in [-0.39, 0.29) is 5.69 Å². The van der Waals surface area contributed by atoms with Crippen molar-refractivity contribution in [3.63, 3.8) is 0 Å². The number of hydrogen-bond acceptors (Lipinski definition) is 2. The predicted molar refractivity (Wildman–Crippen MR) is 53.8 cm³/mol. The van der Waals surface area contributed by atoms with Crippen molar-refractivity contribution in [2.24, 2.45) is 5.92 Å². The Bertz CT molecular complexity index is 337. The van der Waals surface area contributed by atoms with Crippen molar-refractivity contribution in [1.82, 2.24) is 0 Å². The van der Waals surface area contributed by atoms with Gasteiger partial charge in [-0.15, -0.1) is 0 Å². The Morgan fingerprint density at radius 1 is 1.40 bits per heavy atom. The van der Waals surface area contributed by atoms with Crippen molar-refractivity contribution in [1.29, 1.82) is 0 Å². The molecule has 1 aromatic rings. The van der Waals surface area contributed by atoms with Crippen LogP contribution in [0.3, 0.4) is 0 Å². The van der Waals surface area contributed by atoms with E-state index in [1.54, 1.807) is 0 Å². The van der Waals surface area contributed by atoms with E-state index in [0.29, 0.717) is 19.1 Å². The summed E-state index contributed by atoms with van der Waals surface area (Å²) in [7, 11) is 0. The SMILES string of the molecule is Fc1cccc(NCC2CCOC2)c1F. The van der Waals surface area contributed by atoms with Crippen LogP contribution in [0.15, 0.2) is 18.2 Å². The molecule has 15 heavy (non-hydrogen) atoms. The Kier molecular flexibility index (Phi) is 3.16. The molecule has 0 spiro atoms. The maximum absolute atomic E-state index is 13.2. The second-order valence-corrected chi connectivity index (χ2v) is 3.71. The average molecular weight is 213 g/mol. The largest absolute Gasteiger partial charge is 0.382 e. The zero-order valence-corrected chi connectivity index (χ0v) is 8.30. The number of anilines is 1. The summed E-state index contributed by atoms with van der Waals surface area (Å²) < 4.78 is 31.2. The van der Waals surface area contributed by atoms with E-state index in [1.165, 1.54) is 12.1 Å². The van der Waals surface area contributed by atoms with Crippen LogP contribution >= 0.6 is 0 Å². The molecule has 0 bridgehead atoms. The summed E-state index contributed by atoms with van der Waals surface area (Å²) in [6.07, 6.45) is 0.976. The fourth-order valence-electron chi connectivity index (χ4n) is 1.64. The molecule has 0 aromatic heterocycles. The molecule has 0 saturated carbocycles. The first kappa shape index (κ1) is 10.4. The molecule has 0 amide bonds. The Morgan fingerprint density at radius 2 is 2.27 bits per heavy atom. The van der Waals surface area contributed by atoms with Gasteiger partial charge in [0, 0.05) is 19.1 Å². The molecule has 0 aliphatic carbocycles. The van der Waals surface area contributed by atoms with Crippen molar-refractivity contribution in [3.8, 4) is 0 Å². The Morgan fingerprint density at radius 3 is 3.00 bits per heavy atom. The number of rotatable bonds is 3. The van der Waals surface area contributed by atoms with Gasteiger partial charge in [0.05, 0.1) is 12.3 Å². The van der Waals surface area contributed by atoms with E-state index < -0.39 is 11.6 Å². The highest BCUT2D eigenvalue weighted by molar-refractivity contribution is 5.44. The molecule has 4 heteroatoms. The maximum Gasteiger partial charge on any atom is 0.181 e. The molecule has 1 fully saturated rings. The van der Waals surface area contributed by atoms with Crippen LogP contribution in [0.4, 0.5) is 14.5 Å². The van der Waals surface area contributed by atoms with Gasteiger partial charge in [-0.3, -0.25) is 0 Å². The van der Waals surface area contributed by atoms with Gasteiger partial charge in [0.2, 0.25) is 0 Å². The molecule has 1 heterocycles. The standard InChI is InChI=1S/C11H13F2NO/c12-9-2-1-3-10(11(9)13)14-6-8-4-5-15-7-8/h1-3,8,14H,4-7H2. The Labute approximate surface area is 87.2 Å². The molecular formula is C11H13F2NO. The lowest BCUT2D eigenvalue weighted by molar-refractivity contribution is 0.187. The van der Waals surface area contributed by atoms with Crippen LogP contribution in [0.5, 0.6) is 0 Å². The van der Waals surface area contributed by atoms with Crippen LogP contribution in [0.2, 0.25) is 0 Å². The van der Waals surface area contributed by atoms with Crippen LogP contribution in [-0.2, 0) is 4.74 Å². The summed E-state index contributed by atoms with van der Waals surface area (Å²) in [5.74, 6) is -1.23. The zero-order valence-electron chi connectivity index (χ0n) is 8.30. The normalized spacial score (nSPS) is 20.5. The second kappa shape index (κ2) is 4.57. The van der Waals surface area contributed by atoms with Crippen molar-refractivity contribution in [2.75, 3.05) is 25.1 Å². The lowest BCUT2D eigenvalue weighted by atomic mass is 10.1.